The first kappa shape index (κ1) is 17.7. The molecular formula is C20H21N7O. The van der Waals surface area contributed by atoms with E-state index < -0.39 is 5.91 Å². The Morgan fingerprint density at radius 3 is 2.54 bits per heavy atom. The molecule has 0 aliphatic carbocycles. The zero-order valence-electron chi connectivity index (χ0n) is 16.2. The van der Waals surface area contributed by atoms with Crippen LogP contribution in [0, 0.1) is 27.7 Å². The van der Waals surface area contributed by atoms with Gasteiger partial charge in [0.05, 0.1) is 11.3 Å². The van der Waals surface area contributed by atoms with Gasteiger partial charge in [-0.15, -0.1) is 0 Å². The van der Waals surface area contributed by atoms with E-state index in [1.165, 1.54) is 6.33 Å². The van der Waals surface area contributed by atoms with Gasteiger partial charge in [-0.1, -0.05) is 12.1 Å². The molecule has 0 aliphatic heterocycles. The summed E-state index contributed by atoms with van der Waals surface area (Å²) < 4.78 is 1.81. The fourth-order valence-electron chi connectivity index (χ4n) is 3.67. The van der Waals surface area contributed by atoms with Crippen molar-refractivity contribution in [3.8, 4) is 17.1 Å². The minimum atomic E-state index is -0.576. The van der Waals surface area contributed by atoms with Crippen LogP contribution in [0.4, 0.5) is 5.82 Å². The number of amides is 1. The van der Waals surface area contributed by atoms with Crippen molar-refractivity contribution < 1.29 is 4.79 Å². The quantitative estimate of drug-likeness (QED) is 0.507. The largest absolute Gasteiger partial charge is 0.384 e. The number of nitrogens with one attached hydrogen (secondary N) is 1. The van der Waals surface area contributed by atoms with Crippen molar-refractivity contribution >= 4 is 22.8 Å². The SMILES string of the molecule is Cc1cc2c(C(N)=O)c(N)n(-c3c(C)ccc(-c4ncn[nH]4)c3C)c2nc1C. The number of pyridine rings is 1. The number of benzene rings is 1. The van der Waals surface area contributed by atoms with Crippen molar-refractivity contribution in [2.24, 2.45) is 5.73 Å². The minimum absolute atomic E-state index is 0.279. The molecule has 8 nitrogen and oxygen atoms in total. The van der Waals surface area contributed by atoms with Gasteiger partial charge in [0.1, 0.15) is 17.8 Å². The van der Waals surface area contributed by atoms with Gasteiger partial charge < -0.3 is 11.5 Å². The molecule has 0 fully saturated rings. The number of aryl methyl sites for hydroxylation is 3. The Balaban J connectivity index is 2.14. The van der Waals surface area contributed by atoms with Crippen molar-refractivity contribution in [3.63, 3.8) is 0 Å². The normalized spacial score (nSPS) is 11.3. The first-order valence-electron chi connectivity index (χ1n) is 8.85. The predicted molar refractivity (Wildman–Crippen MR) is 108 cm³/mol. The number of carbonyl (C=O) groups is 1. The van der Waals surface area contributed by atoms with E-state index >= 15 is 0 Å². The Kier molecular flexibility index (Phi) is 3.92. The summed E-state index contributed by atoms with van der Waals surface area (Å²) in [6.07, 6.45) is 1.46. The molecule has 0 radical (unpaired) electrons. The highest BCUT2D eigenvalue weighted by Gasteiger charge is 2.24. The molecule has 0 bridgehead atoms. The van der Waals surface area contributed by atoms with E-state index in [0.717, 1.165) is 33.6 Å². The van der Waals surface area contributed by atoms with Crippen molar-refractivity contribution in [2.75, 3.05) is 5.73 Å². The number of rotatable bonds is 3. The number of hydrogen-bond donors (Lipinski definition) is 3. The van der Waals surface area contributed by atoms with E-state index in [1.54, 1.807) is 0 Å². The van der Waals surface area contributed by atoms with Gasteiger partial charge in [-0.05, 0) is 50.5 Å². The number of aromatic amines is 1. The fraction of sp³-hybridized carbons (Fsp3) is 0.200. The maximum Gasteiger partial charge on any atom is 0.253 e. The van der Waals surface area contributed by atoms with Gasteiger partial charge in [0.2, 0.25) is 0 Å². The molecule has 0 saturated heterocycles. The summed E-state index contributed by atoms with van der Waals surface area (Å²) in [5.74, 6) is 0.359. The number of nitrogen functional groups attached to an aromatic ring is 1. The van der Waals surface area contributed by atoms with Gasteiger partial charge in [0.25, 0.3) is 5.91 Å². The number of primary amides is 1. The first-order chi connectivity index (χ1) is 13.3. The van der Waals surface area contributed by atoms with Crippen LogP contribution in [-0.4, -0.2) is 30.6 Å². The van der Waals surface area contributed by atoms with Gasteiger partial charge in [-0.2, -0.15) is 5.10 Å². The van der Waals surface area contributed by atoms with Crippen LogP contribution >= 0.6 is 0 Å². The Morgan fingerprint density at radius 1 is 1.14 bits per heavy atom. The van der Waals surface area contributed by atoms with Crippen LogP contribution in [0.5, 0.6) is 0 Å². The Labute approximate surface area is 161 Å². The van der Waals surface area contributed by atoms with Crippen LogP contribution < -0.4 is 11.5 Å². The molecule has 1 aromatic carbocycles. The summed E-state index contributed by atoms with van der Waals surface area (Å²) in [7, 11) is 0. The molecule has 4 aromatic rings. The third kappa shape index (κ3) is 2.45. The molecule has 0 saturated carbocycles. The zero-order chi connectivity index (χ0) is 20.2. The van der Waals surface area contributed by atoms with E-state index in [-0.39, 0.29) is 11.4 Å². The smallest absolute Gasteiger partial charge is 0.253 e. The first-order valence-corrected chi connectivity index (χ1v) is 8.85. The molecule has 5 N–H and O–H groups in total. The van der Waals surface area contributed by atoms with E-state index in [4.69, 9.17) is 16.5 Å². The van der Waals surface area contributed by atoms with Crippen LogP contribution in [0.1, 0.15) is 32.7 Å². The Morgan fingerprint density at radius 2 is 1.89 bits per heavy atom. The summed E-state index contributed by atoms with van der Waals surface area (Å²) >= 11 is 0. The highest BCUT2D eigenvalue weighted by atomic mass is 16.1. The van der Waals surface area contributed by atoms with E-state index in [9.17, 15) is 4.79 Å². The number of anilines is 1. The van der Waals surface area contributed by atoms with Gasteiger partial charge in [-0.3, -0.25) is 14.5 Å². The lowest BCUT2D eigenvalue weighted by Gasteiger charge is -2.17. The lowest BCUT2D eigenvalue weighted by molar-refractivity contribution is 0.100. The molecule has 0 spiro atoms. The lowest BCUT2D eigenvalue weighted by atomic mass is 10.0. The van der Waals surface area contributed by atoms with Crippen LogP contribution in [0.25, 0.3) is 28.1 Å². The standard InChI is InChI=1S/C20H21N7O/c1-9-5-6-13(19-23-8-24-26-19)11(3)16(9)27-17(21)15(18(22)28)14-7-10(2)12(4)25-20(14)27/h5-8H,21H2,1-4H3,(H2,22,28)(H,23,24,26). The molecule has 4 rings (SSSR count). The van der Waals surface area contributed by atoms with E-state index in [0.29, 0.717) is 16.9 Å². The highest BCUT2D eigenvalue weighted by molar-refractivity contribution is 6.11. The molecule has 3 aromatic heterocycles. The molecule has 1 amide bonds. The van der Waals surface area contributed by atoms with Crippen molar-refractivity contribution in [3.05, 3.63) is 52.5 Å². The van der Waals surface area contributed by atoms with Crippen molar-refractivity contribution in [1.82, 2.24) is 24.7 Å². The maximum absolute atomic E-state index is 12.2. The van der Waals surface area contributed by atoms with Gasteiger partial charge in [-0.25, -0.2) is 9.97 Å². The molecule has 0 aliphatic rings. The molecule has 3 heterocycles. The third-order valence-electron chi connectivity index (χ3n) is 5.20. The van der Waals surface area contributed by atoms with Gasteiger partial charge >= 0.3 is 0 Å². The molecule has 0 atom stereocenters. The summed E-state index contributed by atoms with van der Waals surface area (Å²) in [4.78, 5) is 21.2. The molecule has 28 heavy (non-hydrogen) atoms. The van der Waals surface area contributed by atoms with Crippen molar-refractivity contribution in [1.29, 1.82) is 0 Å². The van der Waals surface area contributed by atoms with Gasteiger partial charge in [0.15, 0.2) is 5.82 Å². The lowest BCUT2D eigenvalue weighted by Crippen LogP contribution is -2.14. The summed E-state index contributed by atoms with van der Waals surface area (Å²) in [6.45, 7) is 7.84. The summed E-state index contributed by atoms with van der Waals surface area (Å²) in [5.41, 5.74) is 18.5. The van der Waals surface area contributed by atoms with E-state index in [1.807, 2.05) is 50.5 Å². The Bertz CT molecular complexity index is 1240. The fourth-order valence-corrected chi connectivity index (χ4v) is 3.67. The third-order valence-corrected chi connectivity index (χ3v) is 5.20. The topological polar surface area (TPSA) is 128 Å². The van der Waals surface area contributed by atoms with Crippen molar-refractivity contribution in [2.45, 2.75) is 27.7 Å². The number of hydrogen-bond acceptors (Lipinski definition) is 5. The average molecular weight is 375 g/mol. The molecule has 8 heteroatoms. The molecule has 0 unspecified atom stereocenters. The van der Waals surface area contributed by atoms with Crippen LogP contribution in [-0.2, 0) is 0 Å². The monoisotopic (exact) mass is 375 g/mol. The average Bonchev–Trinajstić information content (AvgIpc) is 3.23. The van der Waals surface area contributed by atoms with Gasteiger partial charge in [0, 0.05) is 16.6 Å². The highest BCUT2D eigenvalue weighted by Crippen LogP contribution is 2.36. The van der Waals surface area contributed by atoms with Crippen LogP contribution in [0.3, 0.4) is 0 Å². The summed E-state index contributed by atoms with van der Waals surface area (Å²) in [5, 5.41) is 7.48. The summed E-state index contributed by atoms with van der Waals surface area (Å²) in [6, 6.07) is 5.88. The maximum atomic E-state index is 12.2. The number of H-pyrrole nitrogens is 1. The second-order valence-electron chi connectivity index (χ2n) is 6.96. The zero-order valence-corrected chi connectivity index (χ0v) is 16.2. The predicted octanol–water partition coefficient (Wildman–Crippen LogP) is 2.73. The van der Waals surface area contributed by atoms with E-state index in [2.05, 4.69) is 15.2 Å². The number of fused-ring (bicyclic) bond motifs is 1. The Hall–Kier alpha value is -3.68. The molecule has 142 valence electrons. The minimum Gasteiger partial charge on any atom is -0.384 e. The number of nitrogens with zero attached hydrogens (tertiary/aromatic N) is 4. The number of aromatic nitrogens is 5. The number of carbonyl (C=O) groups excluding carboxylic acids is 1. The molecular weight excluding hydrogens is 354 g/mol. The second-order valence-corrected chi connectivity index (χ2v) is 6.96. The second kappa shape index (κ2) is 6.19. The van der Waals surface area contributed by atoms with Crippen LogP contribution in [0.2, 0.25) is 0 Å². The number of nitrogens with two attached hydrogens (primary N) is 2. The van der Waals surface area contributed by atoms with Crippen LogP contribution in [0.15, 0.2) is 24.5 Å².